The standard InChI is InChI=1S/C23H22FN3O3/c1-3-30-23(29)21-18-14-26(22(28)17-6-4-5-7-19(17)24)13-12-20(18)27(25-21)16-10-8-15(2)9-11-16/h4-11H,3,12-14H2,1-2H3. The van der Waals surface area contributed by atoms with E-state index in [1.54, 1.807) is 28.6 Å². The van der Waals surface area contributed by atoms with Crippen LogP contribution in [0.1, 0.15) is 44.6 Å². The lowest BCUT2D eigenvalue weighted by Gasteiger charge is -2.28. The summed E-state index contributed by atoms with van der Waals surface area (Å²) in [6.07, 6.45) is 0.496. The second-order valence-electron chi connectivity index (χ2n) is 7.20. The van der Waals surface area contributed by atoms with E-state index in [0.29, 0.717) is 18.5 Å². The van der Waals surface area contributed by atoms with Gasteiger partial charge in [-0.2, -0.15) is 5.10 Å². The molecule has 0 fully saturated rings. The summed E-state index contributed by atoms with van der Waals surface area (Å²) in [7, 11) is 0. The Balaban J connectivity index is 1.73. The summed E-state index contributed by atoms with van der Waals surface area (Å²) >= 11 is 0. The second kappa shape index (κ2) is 8.10. The van der Waals surface area contributed by atoms with Crippen molar-refractivity contribution in [3.63, 3.8) is 0 Å². The van der Waals surface area contributed by atoms with Crippen LogP contribution in [0.15, 0.2) is 48.5 Å². The summed E-state index contributed by atoms with van der Waals surface area (Å²) in [5.41, 5.74) is 3.67. The highest BCUT2D eigenvalue weighted by molar-refractivity contribution is 5.95. The Bertz CT molecular complexity index is 1110. The van der Waals surface area contributed by atoms with Crippen molar-refractivity contribution in [2.45, 2.75) is 26.8 Å². The van der Waals surface area contributed by atoms with Gasteiger partial charge in [-0.3, -0.25) is 4.79 Å². The maximum Gasteiger partial charge on any atom is 0.359 e. The normalized spacial score (nSPS) is 13.1. The number of amides is 1. The summed E-state index contributed by atoms with van der Waals surface area (Å²) in [6, 6.07) is 13.7. The van der Waals surface area contributed by atoms with E-state index >= 15 is 0 Å². The van der Waals surface area contributed by atoms with Crippen LogP contribution < -0.4 is 0 Å². The van der Waals surface area contributed by atoms with Gasteiger partial charge in [-0.15, -0.1) is 0 Å². The van der Waals surface area contributed by atoms with Gasteiger partial charge >= 0.3 is 5.97 Å². The molecular weight excluding hydrogens is 385 g/mol. The predicted octanol–water partition coefficient (Wildman–Crippen LogP) is 3.70. The molecule has 7 heteroatoms. The quantitative estimate of drug-likeness (QED) is 0.619. The number of aromatic nitrogens is 2. The van der Waals surface area contributed by atoms with Crippen LogP contribution in [0.4, 0.5) is 4.39 Å². The smallest absolute Gasteiger partial charge is 0.359 e. The molecule has 2 aromatic carbocycles. The molecule has 0 saturated heterocycles. The molecule has 6 nitrogen and oxygen atoms in total. The zero-order chi connectivity index (χ0) is 21.3. The van der Waals surface area contributed by atoms with E-state index in [4.69, 9.17) is 4.74 Å². The van der Waals surface area contributed by atoms with Crippen molar-refractivity contribution in [3.05, 3.63) is 82.4 Å². The molecule has 0 bridgehead atoms. The minimum Gasteiger partial charge on any atom is -0.461 e. The van der Waals surface area contributed by atoms with Crippen LogP contribution in [-0.2, 0) is 17.7 Å². The molecular formula is C23H22FN3O3. The maximum absolute atomic E-state index is 14.1. The lowest BCUT2D eigenvalue weighted by molar-refractivity contribution is 0.0513. The number of esters is 1. The second-order valence-corrected chi connectivity index (χ2v) is 7.20. The molecule has 0 saturated carbocycles. The van der Waals surface area contributed by atoms with Gasteiger partial charge in [0.2, 0.25) is 0 Å². The first kappa shape index (κ1) is 19.8. The molecule has 0 N–H and O–H groups in total. The molecule has 154 valence electrons. The van der Waals surface area contributed by atoms with E-state index in [1.165, 1.54) is 12.1 Å². The van der Waals surface area contributed by atoms with Crippen LogP contribution in [0.3, 0.4) is 0 Å². The van der Waals surface area contributed by atoms with Crippen LogP contribution in [0.25, 0.3) is 5.69 Å². The van der Waals surface area contributed by atoms with E-state index in [-0.39, 0.29) is 24.4 Å². The minimum atomic E-state index is -0.561. The number of rotatable bonds is 4. The molecule has 2 heterocycles. The molecule has 0 atom stereocenters. The molecule has 0 aliphatic carbocycles. The zero-order valence-electron chi connectivity index (χ0n) is 16.9. The van der Waals surface area contributed by atoms with Gasteiger partial charge in [-0.1, -0.05) is 29.8 Å². The average Bonchev–Trinajstić information content (AvgIpc) is 3.13. The summed E-state index contributed by atoms with van der Waals surface area (Å²) in [5, 5.41) is 4.52. The van der Waals surface area contributed by atoms with Crippen molar-refractivity contribution < 1.29 is 18.7 Å². The number of nitrogens with zero attached hydrogens (tertiary/aromatic N) is 3. The van der Waals surface area contributed by atoms with Gasteiger partial charge in [-0.05, 0) is 38.1 Å². The summed E-state index contributed by atoms with van der Waals surface area (Å²) in [5.74, 6) is -1.49. The fourth-order valence-electron chi connectivity index (χ4n) is 3.66. The number of benzene rings is 2. The fraction of sp³-hybridized carbons (Fsp3) is 0.261. The van der Waals surface area contributed by atoms with E-state index in [9.17, 15) is 14.0 Å². The van der Waals surface area contributed by atoms with Crippen molar-refractivity contribution in [1.29, 1.82) is 0 Å². The number of ether oxygens (including phenoxy) is 1. The summed E-state index contributed by atoms with van der Waals surface area (Å²) in [6.45, 7) is 4.53. The van der Waals surface area contributed by atoms with Crippen LogP contribution in [0, 0.1) is 12.7 Å². The molecule has 30 heavy (non-hydrogen) atoms. The number of hydrogen-bond donors (Lipinski definition) is 0. The Hall–Kier alpha value is -3.48. The van der Waals surface area contributed by atoms with Crippen molar-refractivity contribution in [2.24, 2.45) is 0 Å². The van der Waals surface area contributed by atoms with E-state index in [2.05, 4.69) is 5.10 Å². The van der Waals surface area contributed by atoms with Gasteiger partial charge in [0.1, 0.15) is 5.82 Å². The van der Waals surface area contributed by atoms with Crippen LogP contribution in [-0.4, -0.2) is 39.7 Å². The van der Waals surface area contributed by atoms with Crippen molar-refractivity contribution in [1.82, 2.24) is 14.7 Å². The zero-order valence-corrected chi connectivity index (χ0v) is 16.9. The highest BCUT2D eigenvalue weighted by atomic mass is 19.1. The van der Waals surface area contributed by atoms with Gasteiger partial charge in [0, 0.05) is 18.5 Å². The molecule has 1 aliphatic rings. The third-order valence-electron chi connectivity index (χ3n) is 5.20. The first-order chi connectivity index (χ1) is 14.5. The largest absolute Gasteiger partial charge is 0.461 e. The monoisotopic (exact) mass is 407 g/mol. The maximum atomic E-state index is 14.1. The van der Waals surface area contributed by atoms with Crippen LogP contribution >= 0.6 is 0 Å². The molecule has 3 aromatic rings. The van der Waals surface area contributed by atoms with Crippen LogP contribution in [0.2, 0.25) is 0 Å². The van der Waals surface area contributed by atoms with Gasteiger partial charge in [0.15, 0.2) is 5.69 Å². The molecule has 1 aliphatic heterocycles. The first-order valence-corrected chi connectivity index (χ1v) is 9.88. The Morgan fingerprint density at radius 2 is 1.87 bits per heavy atom. The topological polar surface area (TPSA) is 64.4 Å². The molecule has 0 unspecified atom stereocenters. The fourth-order valence-corrected chi connectivity index (χ4v) is 3.66. The van der Waals surface area contributed by atoms with E-state index in [1.807, 2.05) is 31.2 Å². The molecule has 1 amide bonds. The lowest BCUT2D eigenvalue weighted by atomic mass is 10.0. The number of aryl methyl sites for hydroxylation is 1. The van der Waals surface area contributed by atoms with Crippen molar-refractivity contribution in [2.75, 3.05) is 13.2 Å². The molecule has 0 spiro atoms. The molecule has 4 rings (SSSR count). The Labute approximate surface area is 173 Å². The van der Waals surface area contributed by atoms with Gasteiger partial charge in [0.25, 0.3) is 5.91 Å². The molecule has 1 aromatic heterocycles. The Kier molecular flexibility index (Phi) is 5.35. The third kappa shape index (κ3) is 3.58. The number of carbonyl (C=O) groups is 2. The highest BCUT2D eigenvalue weighted by Gasteiger charge is 2.32. The van der Waals surface area contributed by atoms with Crippen molar-refractivity contribution in [3.8, 4) is 5.69 Å². The first-order valence-electron chi connectivity index (χ1n) is 9.88. The van der Waals surface area contributed by atoms with Gasteiger partial charge < -0.3 is 9.64 Å². The minimum absolute atomic E-state index is 0.0181. The highest BCUT2D eigenvalue weighted by Crippen LogP contribution is 2.27. The number of fused-ring (bicyclic) bond motifs is 1. The van der Waals surface area contributed by atoms with Gasteiger partial charge in [0.05, 0.1) is 30.1 Å². The number of halogens is 1. The van der Waals surface area contributed by atoms with E-state index < -0.39 is 17.7 Å². The lowest BCUT2D eigenvalue weighted by Crippen LogP contribution is -2.37. The number of hydrogen-bond acceptors (Lipinski definition) is 4. The predicted molar refractivity (Wildman–Crippen MR) is 109 cm³/mol. The van der Waals surface area contributed by atoms with Crippen LogP contribution in [0.5, 0.6) is 0 Å². The SMILES string of the molecule is CCOC(=O)c1nn(-c2ccc(C)cc2)c2c1CN(C(=O)c1ccccc1F)CC2. The van der Waals surface area contributed by atoms with E-state index in [0.717, 1.165) is 16.9 Å². The van der Waals surface area contributed by atoms with Gasteiger partial charge in [-0.25, -0.2) is 13.9 Å². The molecule has 0 radical (unpaired) electrons. The summed E-state index contributed by atoms with van der Waals surface area (Å²) in [4.78, 5) is 27.0. The number of carbonyl (C=O) groups excluding carboxylic acids is 2. The average molecular weight is 407 g/mol. The van der Waals surface area contributed by atoms with Crippen molar-refractivity contribution >= 4 is 11.9 Å². The summed E-state index contributed by atoms with van der Waals surface area (Å²) < 4.78 is 21.0. The Morgan fingerprint density at radius 3 is 2.57 bits per heavy atom. The Morgan fingerprint density at radius 1 is 1.13 bits per heavy atom. The third-order valence-corrected chi connectivity index (χ3v) is 5.20.